The van der Waals surface area contributed by atoms with Crippen LogP contribution in [-0.4, -0.2) is 16.2 Å². The number of aliphatic imine (C=N–C) groups is 2. The maximum atomic E-state index is 5.60. The predicted molar refractivity (Wildman–Crippen MR) is 57.9 cm³/mol. The van der Waals surface area contributed by atoms with E-state index in [4.69, 9.17) is 11.6 Å². The third-order valence-corrected chi connectivity index (χ3v) is 2.25. The second-order valence-corrected chi connectivity index (χ2v) is 4.06. The van der Waals surface area contributed by atoms with Gasteiger partial charge in [-0.2, -0.15) is 0 Å². The van der Waals surface area contributed by atoms with E-state index < -0.39 is 0 Å². The molecule has 5 heteroatoms. The molecule has 0 saturated heterocycles. The van der Waals surface area contributed by atoms with Crippen molar-refractivity contribution in [3.8, 4) is 0 Å². The molecular weight excluding hydrogens is 369 g/mol. The Morgan fingerprint density at radius 2 is 2.00 bits per heavy atom. The molecule has 0 amide bonds. The van der Waals surface area contributed by atoms with E-state index in [0.29, 0.717) is 0 Å². The van der Waals surface area contributed by atoms with Crippen molar-refractivity contribution < 1.29 is 19.4 Å². The number of hydrogen-bond acceptors (Lipinski definition) is 2. The molecule has 0 fully saturated rings. The van der Waals surface area contributed by atoms with E-state index in [0.717, 1.165) is 9.83 Å². The molecule has 0 saturated carbocycles. The first-order chi connectivity index (χ1) is 6.72. The van der Waals surface area contributed by atoms with Crippen molar-refractivity contribution >= 4 is 33.4 Å². The van der Waals surface area contributed by atoms with Gasteiger partial charge in [0.05, 0.1) is 0 Å². The number of amidine groups is 1. The van der Waals surface area contributed by atoms with E-state index in [2.05, 4.69) is 22.0 Å². The van der Waals surface area contributed by atoms with Gasteiger partial charge in [-0.3, -0.25) is 0 Å². The molecule has 0 radical (unpaired) electrons. The molecule has 72 valence electrons. The third kappa shape index (κ3) is 3.94. The molecule has 0 aliphatic carbocycles. The van der Waals surface area contributed by atoms with Crippen LogP contribution in [0.2, 0.25) is 0 Å². The van der Waals surface area contributed by atoms with Crippen LogP contribution in [-0.2, 0) is 19.4 Å². The Kier molecular flexibility index (Phi) is 4.71. The van der Waals surface area contributed by atoms with Crippen LogP contribution in [0.15, 0.2) is 40.3 Å². The van der Waals surface area contributed by atoms with Crippen LogP contribution in [0.5, 0.6) is 0 Å². The molecule has 1 N–H and O–H groups in total. The molecule has 0 spiro atoms. The molecular formula is C9H8ClN3W. The molecule has 1 rings (SSSR count). The SMILES string of the molecule is C=NC(Cl)=N[C](=[W])Nc1ccccc1. The zero-order valence-electron chi connectivity index (χ0n) is 7.27. The monoisotopic (exact) mass is 377 g/mol. The van der Waals surface area contributed by atoms with Gasteiger partial charge in [0, 0.05) is 0 Å². The minimum atomic E-state index is 0.151. The summed E-state index contributed by atoms with van der Waals surface area (Å²) in [6.07, 6.45) is 0. The molecule has 0 aromatic heterocycles. The molecule has 1 aromatic rings. The number of halogens is 1. The van der Waals surface area contributed by atoms with Gasteiger partial charge in [-0.15, -0.1) is 0 Å². The molecule has 0 aliphatic rings. The first kappa shape index (κ1) is 11.3. The first-order valence-electron chi connectivity index (χ1n) is 3.79. The summed E-state index contributed by atoms with van der Waals surface area (Å²) in [4.78, 5) is 7.47. The van der Waals surface area contributed by atoms with Gasteiger partial charge < -0.3 is 0 Å². The number of anilines is 1. The van der Waals surface area contributed by atoms with Crippen molar-refractivity contribution in [2.24, 2.45) is 9.98 Å². The summed E-state index contributed by atoms with van der Waals surface area (Å²) in [6, 6.07) is 9.75. The van der Waals surface area contributed by atoms with E-state index >= 15 is 0 Å². The number of rotatable bonds is 3. The van der Waals surface area contributed by atoms with Crippen molar-refractivity contribution in [1.82, 2.24) is 0 Å². The Morgan fingerprint density at radius 1 is 1.36 bits per heavy atom. The maximum absolute atomic E-state index is 5.60. The van der Waals surface area contributed by atoms with Gasteiger partial charge in [-0.05, 0) is 0 Å². The molecule has 0 aliphatic heterocycles. The van der Waals surface area contributed by atoms with Crippen molar-refractivity contribution in [2.45, 2.75) is 0 Å². The van der Waals surface area contributed by atoms with Gasteiger partial charge in [0.25, 0.3) is 0 Å². The average Bonchev–Trinajstić information content (AvgIpc) is 2.19. The Balaban J connectivity index is 2.63. The van der Waals surface area contributed by atoms with E-state index in [1.807, 2.05) is 30.3 Å². The Morgan fingerprint density at radius 3 is 2.57 bits per heavy atom. The summed E-state index contributed by atoms with van der Waals surface area (Å²) in [5, 5.41) is 3.25. The van der Waals surface area contributed by atoms with Gasteiger partial charge in [0.15, 0.2) is 0 Å². The fourth-order valence-corrected chi connectivity index (χ4v) is 1.81. The number of nitrogens with one attached hydrogen (secondary N) is 1. The topological polar surface area (TPSA) is 36.8 Å². The first-order valence-corrected chi connectivity index (χ1v) is 5.64. The number of benzene rings is 1. The van der Waals surface area contributed by atoms with Crippen LogP contribution in [0.4, 0.5) is 5.69 Å². The molecule has 0 atom stereocenters. The van der Waals surface area contributed by atoms with E-state index in [9.17, 15) is 0 Å². The zero-order chi connectivity index (χ0) is 10.4. The van der Waals surface area contributed by atoms with E-state index in [1.165, 1.54) is 19.4 Å². The zero-order valence-corrected chi connectivity index (χ0v) is 11.0. The second-order valence-electron chi connectivity index (χ2n) is 2.34. The van der Waals surface area contributed by atoms with Gasteiger partial charge in [0.2, 0.25) is 0 Å². The molecule has 0 unspecified atom stereocenters. The van der Waals surface area contributed by atoms with Crippen LogP contribution >= 0.6 is 11.6 Å². The molecule has 0 bridgehead atoms. The fraction of sp³-hybridized carbons (Fsp3) is 0. The molecule has 0 heterocycles. The fourth-order valence-electron chi connectivity index (χ4n) is 0.792. The molecule has 14 heavy (non-hydrogen) atoms. The Hall–Kier alpha value is -0.792. The summed E-state index contributed by atoms with van der Waals surface area (Å²) in [5.41, 5.74) is 0.981. The summed E-state index contributed by atoms with van der Waals surface area (Å²) in [7, 11) is 0. The minimum absolute atomic E-state index is 0.151. The van der Waals surface area contributed by atoms with Crippen molar-refractivity contribution in [1.29, 1.82) is 0 Å². The Labute approximate surface area is 98.3 Å². The number of hydrogen-bond donors (Lipinski definition) is 1. The van der Waals surface area contributed by atoms with Crippen LogP contribution in [0.25, 0.3) is 0 Å². The van der Waals surface area contributed by atoms with Crippen LogP contribution < -0.4 is 5.32 Å². The van der Waals surface area contributed by atoms with Gasteiger partial charge in [-0.25, -0.2) is 0 Å². The van der Waals surface area contributed by atoms with Crippen LogP contribution in [0.1, 0.15) is 0 Å². The number of nitrogens with zero attached hydrogens (tertiary/aromatic N) is 2. The van der Waals surface area contributed by atoms with Crippen molar-refractivity contribution in [2.75, 3.05) is 5.32 Å². The van der Waals surface area contributed by atoms with E-state index in [1.54, 1.807) is 0 Å². The van der Waals surface area contributed by atoms with Crippen LogP contribution in [0, 0.1) is 0 Å². The summed E-state index contributed by atoms with van der Waals surface area (Å²) in [5.74, 6) is 0. The molecule has 1 aromatic carbocycles. The third-order valence-electron chi connectivity index (χ3n) is 1.35. The van der Waals surface area contributed by atoms with Crippen molar-refractivity contribution in [3.05, 3.63) is 30.3 Å². The standard InChI is InChI=1S/C9H8ClN3.W/c1-11-9(10)13-7-12-8-5-3-2-4-6-8;/h2-6,12H,1H2;. The van der Waals surface area contributed by atoms with Gasteiger partial charge in [0.1, 0.15) is 0 Å². The summed E-state index contributed by atoms with van der Waals surface area (Å²) < 4.78 is 0.758. The summed E-state index contributed by atoms with van der Waals surface area (Å²) >= 11 is 6.79. The average molecular weight is 377 g/mol. The van der Waals surface area contributed by atoms with Crippen molar-refractivity contribution in [3.63, 3.8) is 0 Å². The second kappa shape index (κ2) is 5.84. The normalized spacial score (nSPS) is 10.8. The van der Waals surface area contributed by atoms with Gasteiger partial charge >= 0.3 is 98.4 Å². The van der Waals surface area contributed by atoms with E-state index in [-0.39, 0.29) is 5.29 Å². The van der Waals surface area contributed by atoms with Gasteiger partial charge in [-0.1, -0.05) is 0 Å². The quantitative estimate of drug-likeness (QED) is 0.488. The molecule has 3 nitrogen and oxygen atoms in total. The van der Waals surface area contributed by atoms with Crippen LogP contribution in [0.3, 0.4) is 0 Å². The predicted octanol–water partition coefficient (Wildman–Crippen LogP) is 2.03. The number of para-hydroxylation sites is 1. The summed E-state index contributed by atoms with van der Waals surface area (Å²) in [6.45, 7) is 3.28. The Bertz CT molecular complexity index is 362.